The van der Waals surface area contributed by atoms with E-state index in [1.807, 2.05) is 6.26 Å². The van der Waals surface area contributed by atoms with Crippen molar-refractivity contribution in [2.45, 2.75) is 0 Å². The normalized spacial score (nSPS) is 10.0. The Balaban J connectivity index is 0.000000231. The van der Waals surface area contributed by atoms with Crippen molar-refractivity contribution in [3.63, 3.8) is 0 Å². The SMILES string of the molecule is C=C(SC)c1c(F)cccc1Cl.O=C(Cl)c1sc(Cl)c(Cl)c1Cl. The third-order valence-corrected chi connectivity index (χ3v) is 6.31. The van der Waals surface area contributed by atoms with E-state index in [-0.39, 0.29) is 25.1 Å². The van der Waals surface area contributed by atoms with Crippen LogP contribution in [0.25, 0.3) is 4.91 Å². The molecule has 1 heterocycles. The summed E-state index contributed by atoms with van der Waals surface area (Å²) in [5.41, 5.74) is 0.409. The lowest BCUT2D eigenvalue weighted by Gasteiger charge is -2.05. The van der Waals surface area contributed by atoms with E-state index in [0.717, 1.165) is 11.3 Å². The van der Waals surface area contributed by atoms with Crippen LogP contribution in [0.1, 0.15) is 15.2 Å². The minimum atomic E-state index is -0.645. The lowest BCUT2D eigenvalue weighted by atomic mass is 10.2. The maximum Gasteiger partial charge on any atom is 0.264 e. The molecule has 9 heteroatoms. The summed E-state index contributed by atoms with van der Waals surface area (Å²) in [5, 5.41) is 0.0761. The van der Waals surface area contributed by atoms with Gasteiger partial charge < -0.3 is 0 Å². The van der Waals surface area contributed by atoms with Crippen LogP contribution in [0, 0.1) is 5.82 Å². The zero-order chi connectivity index (χ0) is 17.7. The standard InChI is InChI=1S/C9H8ClFS.C5Cl4OS/c1-6(12-2)9-7(10)4-3-5-8(9)11;6-1-2(7)5(9)11-3(1)4(8)10/h3-5H,1H2,2H3;. The second-order valence-electron chi connectivity index (χ2n) is 3.83. The first-order valence-corrected chi connectivity index (χ1v) is 9.64. The largest absolute Gasteiger partial charge is 0.275 e. The van der Waals surface area contributed by atoms with Gasteiger partial charge in [-0.3, -0.25) is 4.79 Å². The topological polar surface area (TPSA) is 17.1 Å². The summed E-state index contributed by atoms with van der Waals surface area (Å²) >= 11 is 30.1. The van der Waals surface area contributed by atoms with Gasteiger partial charge in [-0.2, -0.15) is 0 Å². The van der Waals surface area contributed by atoms with E-state index in [0.29, 0.717) is 15.5 Å². The number of thiophene rings is 1. The number of hydrogen-bond acceptors (Lipinski definition) is 3. The molecule has 0 bridgehead atoms. The lowest BCUT2D eigenvalue weighted by molar-refractivity contribution is 0.108. The molecule has 0 spiro atoms. The van der Waals surface area contributed by atoms with E-state index in [2.05, 4.69) is 6.58 Å². The number of carbonyl (C=O) groups is 1. The van der Waals surface area contributed by atoms with E-state index in [4.69, 9.17) is 58.0 Å². The molecule has 0 saturated carbocycles. The highest BCUT2D eigenvalue weighted by Gasteiger charge is 2.17. The fourth-order valence-corrected chi connectivity index (χ4v) is 4.00. The van der Waals surface area contributed by atoms with Crippen molar-refractivity contribution in [1.29, 1.82) is 0 Å². The van der Waals surface area contributed by atoms with E-state index >= 15 is 0 Å². The van der Waals surface area contributed by atoms with Crippen LogP contribution in [0.2, 0.25) is 19.4 Å². The number of halogens is 6. The van der Waals surface area contributed by atoms with Crippen LogP contribution in [0.5, 0.6) is 0 Å². The second-order valence-corrected chi connectivity index (χ2v) is 7.86. The molecule has 0 radical (unpaired) electrons. The van der Waals surface area contributed by atoms with E-state index in [1.54, 1.807) is 12.1 Å². The summed E-state index contributed by atoms with van der Waals surface area (Å²) in [6, 6.07) is 4.61. The third-order valence-electron chi connectivity index (χ3n) is 2.42. The van der Waals surface area contributed by atoms with Gasteiger partial charge in [0.1, 0.15) is 15.0 Å². The average molecular weight is 453 g/mol. The van der Waals surface area contributed by atoms with Gasteiger partial charge in [0, 0.05) is 10.5 Å². The molecule has 0 saturated heterocycles. The smallest absolute Gasteiger partial charge is 0.264 e. The Morgan fingerprint density at radius 1 is 1.22 bits per heavy atom. The van der Waals surface area contributed by atoms with E-state index < -0.39 is 5.24 Å². The number of carbonyl (C=O) groups excluding carboxylic acids is 1. The first kappa shape index (κ1) is 21.1. The Kier molecular flexibility index (Phi) is 8.73. The molecule has 1 nitrogen and oxygen atoms in total. The van der Waals surface area contributed by atoms with Crippen molar-refractivity contribution in [2.24, 2.45) is 0 Å². The van der Waals surface area contributed by atoms with Gasteiger partial charge in [0.2, 0.25) is 0 Å². The summed E-state index contributed by atoms with van der Waals surface area (Å²) in [6.45, 7) is 3.70. The number of rotatable bonds is 3. The number of thioether (sulfide) groups is 1. The van der Waals surface area contributed by atoms with Crippen LogP contribution >= 0.6 is 81.1 Å². The van der Waals surface area contributed by atoms with Gasteiger partial charge >= 0.3 is 0 Å². The third kappa shape index (κ3) is 5.53. The molecule has 2 rings (SSSR count). The summed E-state index contributed by atoms with van der Waals surface area (Å²) in [6.07, 6.45) is 1.84. The molecule has 1 aromatic heterocycles. The molecule has 0 unspecified atom stereocenters. The molecule has 0 fully saturated rings. The minimum Gasteiger partial charge on any atom is -0.275 e. The Morgan fingerprint density at radius 2 is 1.83 bits per heavy atom. The molecule has 0 amide bonds. The highest BCUT2D eigenvalue weighted by atomic mass is 35.5. The van der Waals surface area contributed by atoms with Crippen molar-refractivity contribution < 1.29 is 9.18 Å². The fourth-order valence-electron chi connectivity index (χ4n) is 1.36. The fraction of sp³-hybridized carbons (Fsp3) is 0.0714. The van der Waals surface area contributed by atoms with Crippen LogP contribution in [-0.2, 0) is 0 Å². The van der Waals surface area contributed by atoms with Crippen molar-refractivity contribution in [3.8, 4) is 0 Å². The molecule has 124 valence electrons. The van der Waals surface area contributed by atoms with Crippen LogP contribution in [0.15, 0.2) is 24.8 Å². The number of benzene rings is 1. The van der Waals surface area contributed by atoms with Crippen molar-refractivity contribution in [3.05, 3.63) is 60.4 Å². The molecular weight excluding hydrogens is 445 g/mol. The van der Waals surface area contributed by atoms with Crippen LogP contribution < -0.4 is 0 Å². The molecule has 0 aliphatic rings. The Morgan fingerprint density at radius 3 is 2.17 bits per heavy atom. The number of hydrogen-bond donors (Lipinski definition) is 0. The Hall–Kier alpha value is 0.0600. The predicted molar refractivity (Wildman–Crippen MR) is 103 cm³/mol. The average Bonchev–Trinajstić information content (AvgIpc) is 2.75. The summed E-state index contributed by atoms with van der Waals surface area (Å²) < 4.78 is 13.4. The molecule has 0 atom stereocenters. The van der Waals surface area contributed by atoms with Crippen LogP contribution in [-0.4, -0.2) is 11.5 Å². The molecular formula is C14H8Cl5FOS2. The lowest BCUT2D eigenvalue weighted by Crippen LogP contribution is -1.86. The van der Waals surface area contributed by atoms with E-state index in [9.17, 15) is 9.18 Å². The van der Waals surface area contributed by atoms with Crippen LogP contribution in [0.3, 0.4) is 0 Å². The van der Waals surface area contributed by atoms with Crippen molar-refractivity contribution in [2.75, 3.05) is 6.26 Å². The Labute approximate surface area is 166 Å². The molecule has 23 heavy (non-hydrogen) atoms. The van der Waals surface area contributed by atoms with Gasteiger partial charge in [-0.1, -0.05) is 59.0 Å². The highest BCUT2D eigenvalue weighted by molar-refractivity contribution is 8.07. The maximum absolute atomic E-state index is 13.1. The molecule has 0 aliphatic carbocycles. The summed E-state index contributed by atoms with van der Waals surface area (Å²) in [4.78, 5) is 11.4. The monoisotopic (exact) mass is 450 g/mol. The first-order valence-electron chi connectivity index (χ1n) is 5.71. The minimum absolute atomic E-state index is 0.127. The molecule has 0 N–H and O–H groups in total. The van der Waals surface area contributed by atoms with Crippen LogP contribution in [0.4, 0.5) is 4.39 Å². The van der Waals surface area contributed by atoms with Gasteiger partial charge in [0.25, 0.3) is 5.24 Å². The summed E-state index contributed by atoms with van der Waals surface area (Å²) in [5.74, 6) is -0.318. The maximum atomic E-state index is 13.1. The van der Waals surface area contributed by atoms with Gasteiger partial charge in [0.05, 0.1) is 15.1 Å². The van der Waals surface area contributed by atoms with Crippen molar-refractivity contribution in [1.82, 2.24) is 0 Å². The van der Waals surface area contributed by atoms with Gasteiger partial charge in [-0.15, -0.1) is 23.1 Å². The van der Waals surface area contributed by atoms with Crippen molar-refractivity contribution >= 4 is 91.3 Å². The zero-order valence-electron chi connectivity index (χ0n) is 11.4. The molecule has 2 aromatic rings. The quantitative estimate of drug-likeness (QED) is 0.440. The first-order chi connectivity index (χ1) is 10.7. The second kappa shape index (κ2) is 9.52. The van der Waals surface area contributed by atoms with Gasteiger partial charge in [-0.25, -0.2) is 4.39 Å². The van der Waals surface area contributed by atoms with Gasteiger partial charge in [0.15, 0.2) is 0 Å². The predicted octanol–water partition coefficient (Wildman–Crippen LogP) is 7.90. The Bertz CT molecular complexity index is 725. The highest BCUT2D eigenvalue weighted by Crippen LogP contribution is 2.40. The molecule has 1 aromatic carbocycles. The van der Waals surface area contributed by atoms with Gasteiger partial charge in [-0.05, 0) is 30.0 Å². The van der Waals surface area contributed by atoms with E-state index in [1.165, 1.54) is 17.8 Å². The zero-order valence-corrected chi connectivity index (χ0v) is 16.8. The summed E-state index contributed by atoms with van der Waals surface area (Å²) in [7, 11) is 0. The molecule has 0 aliphatic heterocycles.